The Morgan fingerprint density at radius 1 is 1.24 bits per heavy atom. The van der Waals surface area contributed by atoms with Gasteiger partial charge in [0.05, 0.1) is 35.6 Å². The van der Waals surface area contributed by atoms with Crippen LogP contribution in [0.3, 0.4) is 0 Å². The van der Waals surface area contributed by atoms with Crippen molar-refractivity contribution in [2.75, 3.05) is 6.61 Å². The van der Waals surface area contributed by atoms with Crippen LogP contribution in [-0.2, 0) is 0 Å². The normalized spacial score (nSPS) is 10.7. The minimum atomic E-state index is -0.107. The highest BCUT2D eigenvalue weighted by atomic mass is 16.5. The highest BCUT2D eigenvalue weighted by molar-refractivity contribution is 6.14. The second kappa shape index (κ2) is 5.75. The summed E-state index contributed by atoms with van der Waals surface area (Å²) in [7, 11) is 0. The van der Waals surface area contributed by atoms with Gasteiger partial charge in [-0.2, -0.15) is 5.10 Å². The number of benzene rings is 1. The average Bonchev–Trinajstić information content (AvgIpc) is 2.96. The third-order valence-electron chi connectivity index (χ3n) is 3.16. The molecule has 106 valence electrons. The number of aromatic nitrogens is 3. The van der Waals surface area contributed by atoms with Crippen LogP contribution in [0, 0.1) is 0 Å². The number of ketones is 1. The second-order valence-corrected chi connectivity index (χ2v) is 4.64. The number of rotatable bonds is 5. The van der Waals surface area contributed by atoms with Gasteiger partial charge in [0.2, 0.25) is 5.78 Å². The highest BCUT2D eigenvalue weighted by Crippen LogP contribution is 2.23. The summed E-state index contributed by atoms with van der Waals surface area (Å²) in [6.45, 7) is 2.61. The highest BCUT2D eigenvalue weighted by Gasteiger charge is 2.18. The fourth-order valence-corrected chi connectivity index (χ4v) is 2.15. The Morgan fingerprint density at radius 3 is 2.95 bits per heavy atom. The lowest BCUT2D eigenvalue weighted by Gasteiger charge is -2.09. The molecule has 0 aliphatic rings. The van der Waals surface area contributed by atoms with Crippen LogP contribution in [0.5, 0.6) is 5.75 Å². The molecule has 0 saturated carbocycles. The van der Waals surface area contributed by atoms with E-state index in [1.54, 1.807) is 35.4 Å². The molecule has 1 aromatic carbocycles. The lowest BCUT2D eigenvalue weighted by Crippen LogP contribution is -2.06. The molecule has 2 aromatic heterocycles. The van der Waals surface area contributed by atoms with E-state index in [0.717, 1.165) is 6.42 Å². The Balaban J connectivity index is 2.02. The monoisotopic (exact) mass is 281 g/mol. The summed E-state index contributed by atoms with van der Waals surface area (Å²) in [6, 6.07) is 7.27. The van der Waals surface area contributed by atoms with E-state index in [2.05, 4.69) is 10.1 Å². The Morgan fingerprint density at radius 2 is 2.10 bits per heavy atom. The largest absolute Gasteiger partial charge is 0.493 e. The van der Waals surface area contributed by atoms with E-state index in [1.807, 2.05) is 25.1 Å². The van der Waals surface area contributed by atoms with Crippen molar-refractivity contribution >= 4 is 11.3 Å². The van der Waals surface area contributed by atoms with Gasteiger partial charge < -0.3 is 4.74 Å². The van der Waals surface area contributed by atoms with Gasteiger partial charge >= 0.3 is 0 Å². The van der Waals surface area contributed by atoms with Crippen LogP contribution in [0.2, 0.25) is 0 Å². The summed E-state index contributed by atoms with van der Waals surface area (Å²) in [5.74, 6) is 0.497. The maximum atomic E-state index is 12.7. The summed E-state index contributed by atoms with van der Waals surface area (Å²) in [5, 5.41) is 4.17. The van der Waals surface area contributed by atoms with Gasteiger partial charge in [-0.3, -0.25) is 9.78 Å². The molecule has 0 saturated heterocycles. The molecule has 5 nitrogen and oxygen atoms in total. The van der Waals surface area contributed by atoms with Gasteiger partial charge in [-0.25, -0.2) is 4.52 Å². The number of hydrogen-bond acceptors (Lipinski definition) is 4. The molecular weight excluding hydrogens is 266 g/mol. The first-order valence-corrected chi connectivity index (χ1v) is 6.85. The van der Waals surface area contributed by atoms with Crippen LogP contribution >= 0.6 is 0 Å². The molecule has 21 heavy (non-hydrogen) atoms. The fraction of sp³-hybridized carbons (Fsp3) is 0.188. The van der Waals surface area contributed by atoms with Crippen molar-refractivity contribution in [1.29, 1.82) is 0 Å². The Kier molecular flexibility index (Phi) is 3.64. The van der Waals surface area contributed by atoms with Gasteiger partial charge in [-0.15, -0.1) is 0 Å². The molecule has 0 bridgehead atoms. The topological polar surface area (TPSA) is 56.5 Å². The van der Waals surface area contributed by atoms with Gasteiger partial charge in [0.25, 0.3) is 0 Å². The molecular formula is C16H15N3O2. The Hall–Kier alpha value is -2.69. The molecule has 0 radical (unpaired) electrons. The SMILES string of the molecule is CCCOc1ccccc1C(=O)c1cnn2ccncc12. The molecule has 2 heterocycles. The number of ether oxygens (including phenoxy) is 1. The molecule has 0 atom stereocenters. The Bertz CT molecular complexity index is 780. The van der Waals surface area contributed by atoms with Gasteiger partial charge in [-0.05, 0) is 18.6 Å². The zero-order valence-corrected chi connectivity index (χ0v) is 11.7. The number of carbonyl (C=O) groups is 1. The standard InChI is InChI=1S/C16H15N3O2/c1-2-9-21-15-6-4-3-5-12(15)16(20)13-10-18-19-8-7-17-11-14(13)19/h3-8,10-11H,2,9H2,1H3. The Labute approximate surface area is 122 Å². The van der Waals surface area contributed by atoms with Crippen LogP contribution in [0.1, 0.15) is 29.3 Å². The van der Waals surface area contributed by atoms with Crippen molar-refractivity contribution in [3.63, 3.8) is 0 Å². The van der Waals surface area contributed by atoms with Gasteiger partial charge in [0, 0.05) is 12.4 Å². The number of fused-ring (bicyclic) bond motifs is 1. The van der Waals surface area contributed by atoms with Gasteiger partial charge in [0.15, 0.2) is 0 Å². The summed E-state index contributed by atoms with van der Waals surface area (Å²) < 4.78 is 7.29. The molecule has 0 unspecified atom stereocenters. The fourth-order valence-electron chi connectivity index (χ4n) is 2.15. The van der Waals surface area contributed by atoms with Crippen molar-refractivity contribution in [2.45, 2.75) is 13.3 Å². The van der Waals surface area contributed by atoms with Gasteiger partial charge in [0.1, 0.15) is 5.75 Å². The summed E-state index contributed by atoms with van der Waals surface area (Å²) in [6.07, 6.45) is 7.44. The van der Waals surface area contributed by atoms with Crippen LogP contribution in [-0.4, -0.2) is 27.0 Å². The molecule has 0 aliphatic heterocycles. The molecule has 3 rings (SSSR count). The molecule has 0 aliphatic carbocycles. The van der Waals surface area contributed by atoms with E-state index in [0.29, 0.717) is 29.0 Å². The van der Waals surface area contributed by atoms with Crippen LogP contribution in [0.25, 0.3) is 5.52 Å². The third kappa shape index (κ3) is 2.50. The lowest BCUT2D eigenvalue weighted by atomic mass is 10.0. The second-order valence-electron chi connectivity index (χ2n) is 4.64. The summed E-state index contributed by atoms with van der Waals surface area (Å²) in [4.78, 5) is 16.8. The number of para-hydroxylation sites is 1. The van der Waals surface area contributed by atoms with E-state index in [9.17, 15) is 4.79 Å². The molecule has 0 spiro atoms. The first kappa shape index (κ1) is 13.3. The average molecular weight is 281 g/mol. The third-order valence-corrected chi connectivity index (χ3v) is 3.16. The smallest absolute Gasteiger partial charge is 0.200 e. The molecule has 0 fully saturated rings. The molecule has 5 heteroatoms. The molecule has 0 amide bonds. The lowest BCUT2D eigenvalue weighted by molar-refractivity contribution is 0.103. The zero-order valence-electron chi connectivity index (χ0n) is 11.7. The van der Waals surface area contributed by atoms with Crippen molar-refractivity contribution < 1.29 is 9.53 Å². The van der Waals surface area contributed by atoms with E-state index in [4.69, 9.17) is 4.74 Å². The molecule has 3 aromatic rings. The van der Waals surface area contributed by atoms with Crippen molar-refractivity contribution in [3.8, 4) is 5.75 Å². The van der Waals surface area contributed by atoms with Crippen LogP contribution < -0.4 is 4.74 Å². The predicted octanol–water partition coefficient (Wildman–Crippen LogP) is 2.75. The van der Waals surface area contributed by atoms with Crippen molar-refractivity contribution in [2.24, 2.45) is 0 Å². The number of nitrogens with zero attached hydrogens (tertiary/aromatic N) is 3. The van der Waals surface area contributed by atoms with E-state index >= 15 is 0 Å². The van der Waals surface area contributed by atoms with E-state index in [1.165, 1.54) is 0 Å². The number of carbonyl (C=O) groups excluding carboxylic acids is 1. The van der Waals surface area contributed by atoms with E-state index in [-0.39, 0.29) is 5.78 Å². The number of hydrogen-bond donors (Lipinski definition) is 0. The minimum absolute atomic E-state index is 0.107. The van der Waals surface area contributed by atoms with Crippen LogP contribution in [0.15, 0.2) is 49.1 Å². The zero-order chi connectivity index (χ0) is 14.7. The van der Waals surface area contributed by atoms with Crippen molar-refractivity contribution in [3.05, 3.63) is 60.2 Å². The van der Waals surface area contributed by atoms with E-state index < -0.39 is 0 Å². The molecule has 0 N–H and O–H groups in total. The van der Waals surface area contributed by atoms with Crippen LogP contribution in [0.4, 0.5) is 0 Å². The maximum absolute atomic E-state index is 12.7. The predicted molar refractivity (Wildman–Crippen MR) is 78.6 cm³/mol. The maximum Gasteiger partial charge on any atom is 0.200 e. The summed E-state index contributed by atoms with van der Waals surface area (Å²) in [5.41, 5.74) is 1.76. The van der Waals surface area contributed by atoms with Crippen molar-refractivity contribution in [1.82, 2.24) is 14.6 Å². The summed E-state index contributed by atoms with van der Waals surface area (Å²) >= 11 is 0. The minimum Gasteiger partial charge on any atom is -0.493 e. The first-order chi connectivity index (χ1) is 10.3. The first-order valence-electron chi connectivity index (χ1n) is 6.85. The quantitative estimate of drug-likeness (QED) is 0.675. The van der Waals surface area contributed by atoms with Gasteiger partial charge in [-0.1, -0.05) is 19.1 Å².